The summed E-state index contributed by atoms with van der Waals surface area (Å²) in [5, 5.41) is 2.67. The minimum absolute atomic E-state index is 0.0572. The van der Waals surface area contributed by atoms with E-state index in [-0.39, 0.29) is 5.41 Å². The molecule has 0 spiro atoms. The highest BCUT2D eigenvalue weighted by atomic mass is 31.2. The molecule has 6 heteroatoms. The smallest absolute Gasteiger partial charge is 0.329 e. The summed E-state index contributed by atoms with van der Waals surface area (Å²) in [4.78, 5) is 0. The maximum Gasteiger partial charge on any atom is 0.405 e. The average molecular weight is 208 g/mol. The van der Waals surface area contributed by atoms with E-state index in [0.717, 1.165) is 0 Å². The van der Waals surface area contributed by atoms with Gasteiger partial charge in [-0.2, -0.15) is 0 Å². The molecule has 0 saturated carbocycles. The van der Waals surface area contributed by atoms with Crippen molar-refractivity contribution in [1.82, 2.24) is 5.09 Å². The van der Waals surface area contributed by atoms with Gasteiger partial charge in [0.25, 0.3) is 0 Å². The predicted molar refractivity (Wildman–Crippen MR) is 50.3 cm³/mol. The second kappa shape index (κ2) is 4.07. The van der Waals surface area contributed by atoms with Gasteiger partial charge in [-0.15, -0.1) is 0 Å². The van der Waals surface area contributed by atoms with Crippen molar-refractivity contribution >= 4 is 7.75 Å². The molecule has 3 N–H and O–H groups in total. The fourth-order valence-corrected chi connectivity index (χ4v) is 2.59. The Balaban J connectivity index is 2.42. The van der Waals surface area contributed by atoms with Crippen LogP contribution in [-0.4, -0.2) is 26.3 Å². The van der Waals surface area contributed by atoms with E-state index in [1.165, 1.54) is 0 Å². The molecular weight excluding hydrogens is 191 g/mol. The van der Waals surface area contributed by atoms with Crippen molar-refractivity contribution in [2.45, 2.75) is 13.8 Å². The Morgan fingerprint density at radius 1 is 1.46 bits per heavy atom. The van der Waals surface area contributed by atoms with Crippen LogP contribution in [0.1, 0.15) is 13.8 Å². The molecule has 0 aliphatic carbocycles. The first-order valence-corrected chi connectivity index (χ1v) is 5.86. The third-order valence-electron chi connectivity index (χ3n) is 1.70. The predicted octanol–water partition coefficient (Wildman–Crippen LogP) is 0.716. The molecule has 0 radical (unpaired) electrons. The Morgan fingerprint density at radius 2 is 2.00 bits per heavy atom. The van der Waals surface area contributed by atoms with E-state index in [4.69, 9.17) is 14.8 Å². The lowest BCUT2D eigenvalue weighted by Gasteiger charge is -2.33. The zero-order valence-corrected chi connectivity index (χ0v) is 8.97. The third-order valence-corrected chi connectivity index (χ3v) is 3.25. The highest BCUT2D eigenvalue weighted by Gasteiger charge is 2.35. The Labute approximate surface area is 78.6 Å². The summed E-state index contributed by atoms with van der Waals surface area (Å²) >= 11 is 0. The minimum atomic E-state index is -3.04. The van der Waals surface area contributed by atoms with Gasteiger partial charge in [-0.3, -0.25) is 9.05 Å². The number of nitrogens with two attached hydrogens (primary N) is 1. The van der Waals surface area contributed by atoms with Gasteiger partial charge in [-0.1, -0.05) is 13.8 Å². The third kappa shape index (κ3) is 3.37. The van der Waals surface area contributed by atoms with E-state index in [1.807, 2.05) is 13.8 Å². The van der Waals surface area contributed by atoms with E-state index < -0.39 is 7.75 Å². The molecule has 1 saturated heterocycles. The minimum Gasteiger partial charge on any atom is -0.329 e. The number of hydrogen-bond acceptors (Lipinski definition) is 4. The van der Waals surface area contributed by atoms with Gasteiger partial charge in [0.15, 0.2) is 0 Å². The Kier molecular flexibility index (Phi) is 3.49. The number of nitrogens with one attached hydrogen (secondary N) is 1. The van der Waals surface area contributed by atoms with Gasteiger partial charge in [0.1, 0.15) is 0 Å². The van der Waals surface area contributed by atoms with Crippen LogP contribution >= 0.6 is 7.75 Å². The van der Waals surface area contributed by atoms with Crippen LogP contribution in [0, 0.1) is 5.41 Å². The normalized spacial score (nSPS) is 25.8. The molecule has 0 aromatic carbocycles. The largest absolute Gasteiger partial charge is 0.405 e. The second-order valence-corrected chi connectivity index (χ2v) is 5.73. The average Bonchev–Trinajstić information content (AvgIpc) is 2.08. The Hall–Kier alpha value is 0.0700. The van der Waals surface area contributed by atoms with Crippen LogP contribution in [0.25, 0.3) is 0 Å². The molecule has 1 rings (SSSR count). The van der Waals surface area contributed by atoms with Gasteiger partial charge < -0.3 is 5.73 Å². The van der Waals surface area contributed by atoms with Gasteiger partial charge >= 0.3 is 7.75 Å². The SMILES string of the molecule is CC1(C)COP(=O)(NCCN)OC1. The second-order valence-electron chi connectivity index (χ2n) is 3.91. The van der Waals surface area contributed by atoms with Crippen LogP contribution in [0.3, 0.4) is 0 Å². The van der Waals surface area contributed by atoms with Crippen LogP contribution in [0.4, 0.5) is 0 Å². The van der Waals surface area contributed by atoms with E-state index in [1.54, 1.807) is 0 Å². The van der Waals surface area contributed by atoms with Gasteiger partial charge in [0.05, 0.1) is 13.2 Å². The maximum absolute atomic E-state index is 11.7. The van der Waals surface area contributed by atoms with Gasteiger partial charge in [0.2, 0.25) is 0 Å². The van der Waals surface area contributed by atoms with Crippen LogP contribution in [-0.2, 0) is 13.6 Å². The number of rotatable bonds is 3. The fourth-order valence-electron chi connectivity index (χ4n) is 0.891. The molecule has 0 atom stereocenters. The van der Waals surface area contributed by atoms with Crippen molar-refractivity contribution in [3.8, 4) is 0 Å². The topological polar surface area (TPSA) is 73.6 Å². The maximum atomic E-state index is 11.7. The monoisotopic (exact) mass is 208 g/mol. The lowest BCUT2D eigenvalue weighted by molar-refractivity contribution is 0.0373. The molecule has 5 nitrogen and oxygen atoms in total. The molecule has 78 valence electrons. The lowest BCUT2D eigenvalue weighted by atomic mass is 9.97. The number of hydrogen-bond donors (Lipinski definition) is 2. The standard InChI is InChI=1S/C7H17N2O3P/c1-7(2)5-11-13(10,12-6-7)9-4-3-8/h3-6,8H2,1-2H3,(H,9,10). The summed E-state index contributed by atoms with van der Waals surface area (Å²) < 4.78 is 22.0. The van der Waals surface area contributed by atoms with Crippen LogP contribution in [0.5, 0.6) is 0 Å². The summed E-state index contributed by atoms with van der Waals surface area (Å²) in [7, 11) is -3.04. The lowest BCUT2D eigenvalue weighted by Crippen LogP contribution is -2.34. The van der Waals surface area contributed by atoms with Crippen LogP contribution in [0.2, 0.25) is 0 Å². The molecule has 0 aromatic heterocycles. The van der Waals surface area contributed by atoms with Gasteiger partial charge in [-0.05, 0) is 0 Å². The molecule has 1 fully saturated rings. The molecule has 1 aliphatic heterocycles. The van der Waals surface area contributed by atoms with E-state index in [0.29, 0.717) is 26.3 Å². The van der Waals surface area contributed by atoms with Crippen molar-refractivity contribution in [3.05, 3.63) is 0 Å². The molecule has 13 heavy (non-hydrogen) atoms. The van der Waals surface area contributed by atoms with E-state index in [9.17, 15) is 4.57 Å². The summed E-state index contributed by atoms with van der Waals surface area (Å²) in [6, 6.07) is 0. The van der Waals surface area contributed by atoms with Gasteiger partial charge in [0, 0.05) is 18.5 Å². The summed E-state index contributed by atoms with van der Waals surface area (Å²) in [5.74, 6) is 0. The first kappa shape index (κ1) is 11.1. The molecule has 1 heterocycles. The van der Waals surface area contributed by atoms with Crippen molar-refractivity contribution in [3.63, 3.8) is 0 Å². The zero-order valence-electron chi connectivity index (χ0n) is 8.08. The van der Waals surface area contributed by atoms with Crippen LogP contribution < -0.4 is 10.8 Å². The molecular formula is C7H17N2O3P. The molecule has 0 bridgehead atoms. The molecule has 1 aliphatic rings. The zero-order chi connectivity index (χ0) is 9.95. The highest BCUT2D eigenvalue weighted by Crippen LogP contribution is 2.49. The summed E-state index contributed by atoms with van der Waals surface area (Å²) in [6.07, 6.45) is 0. The quantitative estimate of drug-likeness (QED) is 0.668. The van der Waals surface area contributed by atoms with Gasteiger partial charge in [-0.25, -0.2) is 9.65 Å². The highest BCUT2D eigenvalue weighted by molar-refractivity contribution is 7.51. The first-order valence-electron chi connectivity index (χ1n) is 4.32. The van der Waals surface area contributed by atoms with E-state index in [2.05, 4.69) is 5.09 Å². The van der Waals surface area contributed by atoms with Crippen molar-refractivity contribution in [2.75, 3.05) is 26.3 Å². The van der Waals surface area contributed by atoms with E-state index >= 15 is 0 Å². The summed E-state index contributed by atoms with van der Waals surface area (Å²) in [5.41, 5.74) is 5.21. The first-order chi connectivity index (χ1) is 5.97. The molecule has 0 unspecified atom stereocenters. The molecule has 0 aromatic rings. The summed E-state index contributed by atoms with van der Waals surface area (Å²) in [6.45, 7) is 5.75. The Morgan fingerprint density at radius 3 is 2.46 bits per heavy atom. The fraction of sp³-hybridized carbons (Fsp3) is 1.00. The Bertz CT molecular complexity index is 206. The molecule has 0 amide bonds. The van der Waals surface area contributed by atoms with Crippen LogP contribution in [0.15, 0.2) is 0 Å². The van der Waals surface area contributed by atoms with Crippen molar-refractivity contribution < 1.29 is 13.6 Å². The van der Waals surface area contributed by atoms with Crippen molar-refractivity contribution in [2.24, 2.45) is 11.1 Å². The van der Waals surface area contributed by atoms with Crippen molar-refractivity contribution in [1.29, 1.82) is 0 Å².